The van der Waals surface area contributed by atoms with Crippen LogP contribution in [0.1, 0.15) is 36.0 Å². The zero-order valence-electron chi connectivity index (χ0n) is 12.8. The Morgan fingerprint density at radius 1 is 1.36 bits per heavy atom. The minimum Gasteiger partial charge on any atom is -0.496 e. The van der Waals surface area contributed by atoms with Crippen molar-refractivity contribution in [3.63, 3.8) is 0 Å². The number of carbonyl (C=O) groups excluding carboxylic acids is 1. The van der Waals surface area contributed by atoms with Gasteiger partial charge in [-0.3, -0.25) is 9.59 Å². The van der Waals surface area contributed by atoms with Crippen molar-refractivity contribution in [3.05, 3.63) is 28.2 Å². The quantitative estimate of drug-likeness (QED) is 0.916. The van der Waals surface area contributed by atoms with Gasteiger partial charge in [0, 0.05) is 25.9 Å². The normalized spacial score (nSPS) is 22.8. The first-order valence-corrected chi connectivity index (χ1v) is 7.87. The molecule has 2 fully saturated rings. The second-order valence-corrected chi connectivity index (χ2v) is 5.93. The number of nitrogens with one attached hydrogen (secondary N) is 1. The fourth-order valence-electron chi connectivity index (χ4n) is 3.44. The monoisotopic (exact) mass is 306 g/mol. The van der Waals surface area contributed by atoms with Crippen molar-refractivity contribution in [2.75, 3.05) is 26.8 Å². The molecule has 6 heteroatoms. The Morgan fingerprint density at radius 2 is 2.14 bits per heavy atom. The molecule has 0 aliphatic carbocycles. The number of nitrogens with zero attached hydrogens (tertiary/aromatic N) is 1. The molecule has 2 saturated heterocycles. The number of pyridine rings is 1. The van der Waals surface area contributed by atoms with E-state index in [1.165, 1.54) is 13.3 Å². The van der Waals surface area contributed by atoms with Gasteiger partial charge in [-0.25, -0.2) is 0 Å². The third kappa shape index (κ3) is 2.88. The third-order valence-corrected chi connectivity index (χ3v) is 4.67. The van der Waals surface area contributed by atoms with E-state index in [1.54, 1.807) is 11.0 Å². The Morgan fingerprint density at radius 3 is 2.77 bits per heavy atom. The summed E-state index contributed by atoms with van der Waals surface area (Å²) >= 11 is 0. The van der Waals surface area contributed by atoms with Crippen LogP contribution in [0.5, 0.6) is 5.75 Å². The van der Waals surface area contributed by atoms with Gasteiger partial charge in [0.2, 0.25) is 0 Å². The number of amides is 1. The number of H-pyrrole nitrogens is 1. The molecule has 22 heavy (non-hydrogen) atoms. The first kappa shape index (κ1) is 15.1. The molecule has 1 unspecified atom stereocenters. The number of likely N-dealkylation sites (tertiary alicyclic amines) is 1. The number of aromatic nitrogens is 1. The number of rotatable bonds is 3. The minimum atomic E-state index is -0.398. The molecule has 6 nitrogen and oxygen atoms in total. The van der Waals surface area contributed by atoms with Crippen LogP contribution in [-0.4, -0.2) is 48.7 Å². The summed E-state index contributed by atoms with van der Waals surface area (Å²) in [7, 11) is 1.47. The van der Waals surface area contributed by atoms with Crippen LogP contribution >= 0.6 is 0 Å². The standard InChI is InChI=1S/C16H22N2O4/c1-21-13-4-7-17-15(19)14(13)16(20)18-8-5-11(6-9-18)12-3-2-10-22-12/h4,7,11-12H,2-3,5-6,8-10H2,1H3,(H,17,19). The van der Waals surface area contributed by atoms with Crippen molar-refractivity contribution in [3.8, 4) is 5.75 Å². The molecule has 0 saturated carbocycles. The van der Waals surface area contributed by atoms with E-state index in [9.17, 15) is 9.59 Å². The van der Waals surface area contributed by atoms with Gasteiger partial charge in [0.05, 0.1) is 13.2 Å². The average Bonchev–Trinajstić information content (AvgIpc) is 3.08. The number of hydrogen-bond donors (Lipinski definition) is 1. The zero-order chi connectivity index (χ0) is 15.5. The van der Waals surface area contributed by atoms with Crippen LogP contribution in [0.3, 0.4) is 0 Å². The maximum absolute atomic E-state index is 12.6. The maximum Gasteiger partial charge on any atom is 0.264 e. The van der Waals surface area contributed by atoms with Gasteiger partial charge in [-0.05, 0) is 37.7 Å². The molecule has 0 radical (unpaired) electrons. The summed E-state index contributed by atoms with van der Waals surface area (Å²) in [6.07, 6.45) is 5.98. The van der Waals surface area contributed by atoms with E-state index >= 15 is 0 Å². The highest BCUT2D eigenvalue weighted by Gasteiger charge is 2.32. The lowest BCUT2D eigenvalue weighted by atomic mass is 9.89. The molecule has 0 spiro atoms. The predicted molar refractivity (Wildman–Crippen MR) is 81.2 cm³/mol. The van der Waals surface area contributed by atoms with Crippen molar-refractivity contribution in [2.45, 2.75) is 31.8 Å². The number of methoxy groups -OCH3 is 1. The van der Waals surface area contributed by atoms with Gasteiger partial charge in [-0.2, -0.15) is 0 Å². The van der Waals surface area contributed by atoms with Crippen molar-refractivity contribution >= 4 is 5.91 Å². The van der Waals surface area contributed by atoms with Crippen LogP contribution in [-0.2, 0) is 4.74 Å². The number of ether oxygens (including phenoxy) is 2. The average molecular weight is 306 g/mol. The lowest BCUT2D eigenvalue weighted by Gasteiger charge is -2.34. The van der Waals surface area contributed by atoms with Gasteiger partial charge in [0.1, 0.15) is 11.3 Å². The number of hydrogen-bond acceptors (Lipinski definition) is 4. The first-order valence-electron chi connectivity index (χ1n) is 7.87. The van der Waals surface area contributed by atoms with E-state index in [0.717, 1.165) is 32.3 Å². The summed E-state index contributed by atoms with van der Waals surface area (Å²) < 4.78 is 10.9. The topological polar surface area (TPSA) is 71.6 Å². The highest BCUT2D eigenvalue weighted by Crippen LogP contribution is 2.29. The van der Waals surface area contributed by atoms with Gasteiger partial charge < -0.3 is 19.4 Å². The highest BCUT2D eigenvalue weighted by atomic mass is 16.5. The molecule has 120 valence electrons. The molecular formula is C16H22N2O4. The molecule has 0 bridgehead atoms. The largest absolute Gasteiger partial charge is 0.496 e. The fraction of sp³-hybridized carbons (Fsp3) is 0.625. The van der Waals surface area contributed by atoms with Gasteiger partial charge in [0.25, 0.3) is 11.5 Å². The van der Waals surface area contributed by atoms with Crippen LogP contribution in [0.25, 0.3) is 0 Å². The van der Waals surface area contributed by atoms with E-state index in [0.29, 0.717) is 30.9 Å². The van der Waals surface area contributed by atoms with Crippen LogP contribution < -0.4 is 10.3 Å². The number of piperidine rings is 1. The number of carbonyl (C=O) groups is 1. The SMILES string of the molecule is COc1cc[nH]c(=O)c1C(=O)N1CCC(C2CCCO2)CC1. The van der Waals surface area contributed by atoms with Crippen molar-refractivity contribution in [2.24, 2.45) is 5.92 Å². The van der Waals surface area contributed by atoms with Gasteiger partial charge in [0.15, 0.2) is 0 Å². The molecule has 2 aliphatic heterocycles. The van der Waals surface area contributed by atoms with Crippen molar-refractivity contribution in [1.29, 1.82) is 0 Å². The van der Waals surface area contributed by atoms with Gasteiger partial charge >= 0.3 is 0 Å². The van der Waals surface area contributed by atoms with Gasteiger partial charge in [-0.1, -0.05) is 0 Å². The second kappa shape index (κ2) is 6.52. The summed E-state index contributed by atoms with van der Waals surface area (Å²) in [6.45, 7) is 2.20. The lowest BCUT2D eigenvalue weighted by molar-refractivity contribution is 0.0289. The van der Waals surface area contributed by atoms with E-state index < -0.39 is 5.56 Å². The van der Waals surface area contributed by atoms with E-state index in [-0.39, 0.29) is 11.5 Å². The molecule has 1 aromatic rings. The summed E-state index contributed by atoms with van der Waals surface area (Å²) in [5.41, 5.74) is -0.300. The lowest BCUT2D eigenvalue weighted by Crippen LogP contribution is -2.42. The zero-order valence-corrected chi connectivity index (χ0v) is 12.8. The van der Waals surface area contributed by atoms with Crippen LogP contribution in [0.4, 0.5) is 0 Å². The first-order chi connectivity index (χ1) is 10.7. The van der Waals surface area contributed by atoms with Crippen molar-refractivity contribution < 1.29 is 14.3 Å². The Kier molecular flexibility index (Phi) is 4.47. The van der Waals surface area contributed by atoms with Crippen LogP contribution in [0.2, 0.25) is 0 Å². The predicted octanol–water partition coefficient (Wildman–Crippen LogP) is 1.41. The fourth-order valence-corrected chi connectivity index (χ4v) is 3.44. The molecule has 3 rings (SSSR count). The Balaban J connectivity index is 1.68. The summed E-state index contributed by atoms with van der Waals surface area (Å²) in [5.74, 6) is 0.613. The highest BCUT2D eigenvalue weighted by molar-refractivity contribution is 5.96. The van der Waals surface area contributed by atoms with E-state index in [1.807, 2.05) is 0 Å². The second-order valence-electron chi connectivity index (χ2n) is 5.93. The van der Waals surface area contributed by atoms with E-state index in [2.05, 4.69) is 4.98 Å². The molecule has 1 N–H and O–H groups in total. The van der Waals surface area contributed by atoms with Crippen LogP contribution in [0.15, 0.2) is 17.1 Å². The molecule has 1 aromatic heterocycles. The molecule has 1 amide bonds. The van der Waals surface area contributed by atoms with Crippen molar-refractivity contribution in [1.82, 2.24) is 9.88 Å². The molecule has 2 aliphatic rings. The molecule has 3 heterocycles. The summed E-state index contributed by atoms with van der Waals surface area (Å²) in [4.78, 5) is 28.9. The molecule has 1 atom stereocenters. The van der Waals surface area contributed by atoms with Crippen LogP contribution in [0, 0.1) is 5.92 Å². The van der Waals surface area contributed by atoms with Gasteiger partial charge in [-0.15, -0.1) is 0 Å². The smallest absolute Gasteiger partial charge is 0.264 e. The third-order valence-electron chi connectivity index (χ3n) is 4.67. The number of aromatic amines is 1. The Bertz CT molecular complexity index is 584. The Hall–Kier alpha value is -1.82. The maximum atomic E-state index is 12.6. The molecule has 0 aromatic carbocycles. The summed E-state index contributed by atoms with van der Waals surface area (Å²) in [5, 5.41) is 0. The van der Waals surface area contributed by atoms with E-state index in [4.69, 9.17) is 9.47 Å². The summed E-state index contributed by atoms with van der Waals surface area (Å²) in [6, 6.07) is 1.60. The Labute approximate surface area is 129 Å². The molecular weight excluding hydrogens is 284 g/mol. The minimum absolute atomic E-state index is 0.0977.